The SMILES string of the molecule is CCCCC[C@@H]1CC[C@@H](c2ccc(-c3ccc(OC)cc3)cc2)C(=O)C1. The predicted octanol–water partition coefficient (Wildman–Crippen LogP) is 6.40. The number of methoxy groups -OCH3 is 1. The lowest BCUT2D eigenvalue weighted by molar-refractivity contribution is -0.123. The number of unbranched alkanes of at least 4 members (excludes halogenated alkanes) is 2. The molecular weight excluding hydrogens is 320 g/mol. The van der Waals surface area contributed by atoms with Crippen molar-refractivity contribution in [1.82, 2.24) is 0 Å². The van der Waals surface area contributed by atoms with Crippen molar-refractivity contribution in [3.05, 3.63) is 54.1 Å². The van der Waals surface area contributed by atoms with Crippen molar-refractivity contribution < 1.29 is 9.53 Å². The highest BCUT2D eigenvalue weighted by molar-refractivity contribution is 5.86. The number of carbonyl (C=O) groups is 1. The molecule has 0 bridgehead atoms. The third kappa shape index (κ3) is 4.55. The van der Waals surface area contributed by atoms with Crippen molar-refractivity contribution in [2.45, 2.75) is 57.8 Å². The number of ketones is 1. The molecule has 0 aliphatic heterocycles. The zero-order valence-corrected chi connectivity index (χ0v) is 16.0. The normalized spacial score (nSPS) is 20.2. The average molecular weight is 351 g/mol. The predicted molar refractivity (Wildman–Crippen MR) is 108 cm³/mol. The first-order valence-electron chi connectivity index (χ1n) is 9.98. The van der Waals surface area contributed by atoms with E-state index in [2.05, 4.69) is 43.3 Å². The minimum atomic E-state index is 0.0994. The molecule has 2 nitrogen and oxygen atoms in total. The fourth-order valence-electron chi connectivity index (χ4n) is 4.07. The van der Waals surface area contributed by atoms with Crippen LogP contribution in [-0.4, -0.2) is 12.9 Å². The van der Waals surface area contributed by atoms with E-state index in [0.717, 1.165) is 18.6 Å². The van der Waals surface area contributed by atoms with Crippen LogP contribution in [0.5, 0.6) is 5.75 Å². The summed E-state index contributed by atoms with van der Waals surface area (Å²) in [7, 11) is 1.68. The number of Topliss-reactive ketones (excluding diaryl/α,β-unsaturated/α-hetero) is 1. The molecule has 1 saturated carbocycles. The molecular formula is C24H30O2. The molecule has 138 valence electrons. The van der Waals surface area contributed by atoms with E-state index in [1.54, 1.807) is 7.11 Å². The minimum absolute atomic E-state index is 0.0994. The van der Waals surface area contributed by atoms with Gasteiger partial charge in [-0.15, -0.1) is 0 Å². The van der Waals surface area contributed by atoms with Crippen molar-refractivity contribution in [3.8, 4) is 16.9 Å². The third-order valence-corrected chi connectivity index (χ3v) is 5.69. The van der Waals surface area contributed by atoms with Crippen LogP contribution in [-0.2, 0) is 4.79 Å². The molecule has 0 spiro atoms. The Hall–Kier alpha value is -2.09. The number of benzene rings is 2. The van der Waals surface area contributed by atoms with Gasteiger partial charge in [-0.05, 0) is 47.6 Å². The Morgan fingerprint density at radius 2 is 1.58 bits per heavy atom. The van der Waals surface area contributed by atoms with E-state index in [0.29, 0.717) is 11.7 Å². The molecule has 1 aliphatic carbocycles. The van der Waals surface area contributed by atoms with Crippen LogP contribution in [0.3, 0.4) is 0 Å². The van der Waals surface area contributed by atoms with Crippen molar-refractivity contribution in [2.75, 3.05) is 7.11 Å². The molecule has 2 aromatic rings. The lowest BCUT2D eigenvalue weighted by Crippen LogP contribution is -2.23. The summed E-state index contributed by atoms with van der Waals surface area (Å²) in [5.74, 6) is 2.02. The van der Waals surface area contributed by atoms with Crippen LogP contribution in [0.15, 0.2) is 48.5 Å². The fraction of sp³-hybridized carbons (Fsp3) is 0.458. The first-order chi connectivity index (χ1) is 12.7. The van der Waals surface area contributed by atoms with E-state index in [4.69, 9.17) is 4.74 Å². The molecule has 0 heterocycles. The number of hydrogen-bond donors (Lipinski definition) is 0. The van der Waals surface area contributed by atoms with Gasteiger partial charge in [0.25, 0.3) is 0 Å². The Morgan fingerprint density at radius 3 is 2.15 bits per heavy atom. The summed E-state index contributed by atoms with van der Waals surface area (Å²) in [5, 5.41) is 0. The van der Waals surface area contributed by atoms with Crippen LogP contribution in [0.1, 0.15) is 63.4 Å². The molecule has 1 aliphatic rings. The molecule has 1 fully saturated rings. The van der Waals surface area contributed by atoms with Gasteiger partial charge < -0.3 is 4.74 Å². The lowest BCUT2D eigenvalue weighted by Gasteiger charge is -2.27. The topological polar surface area (TPSA) is 26.3 Å². The summed E-state index contributed by atoms with van der Waals surface area (Å²) in [6.45, 7) is 2.23. The van der Waals surface area contributed by atoms with E-state index in [1.165, 1.54) is 48.8 Å². The van der Waals surface area contributed by atoms with E-state index >= 15 is 0 Å². The van der Waals surface area contributed by atoms with Gasteiger partial charge in [0.05, 0.1) is 7.11 Å². The van der Waals surface area contributed by atoms with Gasteiger partial charge in [0.1, 0.15) is 11.5 Å². The molecule has 0 N–H and O–H groups in total. The zero-order chi connectivity index (χ0) is 18.4. The maximum Gasteiger partial charge on any atom is 0.140 e. The summed E-state index contributed by atoms with van der Waals surface area (Å²) >= 11 is 0. The van der Waals surface area contributed by atoms with Gasteiger partial charge in [0, 0.05) is 12.3 Å². The monoisotopic (exact) mass is 350 g/mol. The maximum absolute atomic E-state index is 12.6. The van der Waals surface area contributed by atoms with Crippen LogP contribution in [0.4, 0.5) is 0 Å². The summed E-state index contributed by atoms with van der Waals surface area (Å²) in [6, 6.07) is 16.6. The van der Waals surface area contributed by atoms with Crippen LogP contribution in [0.2, 0.25) is 0 Å². The summed E-state index contributed by atoms with van der Waals surface area (Å²) in [6.07, 6.45) is 8.02. The highest BCUT2D eigenvalue weighted by Crippen LogP contribution is 2.36. The van der Waals surface area contributed by atoms with Gasteiger partial charge in [0.15, 0.2) is 0 Å². The van der Waals surface area contributed by atoms with Crippen LogP contribution in [0, 0.1) is 5.92 Å². The fourth-order valence-corrected chi connectivity index (χ4v) is 4.07. The Bertz CT molecular complexity index is 700. The second-order valence-corrected chi connectivity index (χ2v) is 7.51. The molecule has 0 amide bonds. The standard InChI is InChI=1S/C24H30O2/c1-3-4-5-6-18-7-16-23(24(25)17-18)21-10-8-19(9-11-21)20-12-14-22(26-2)15-13-20/h8-15,18,23H,3-7,16-17H2,1-2H3/t18-,23+/m1/s1. The number of ether oxygens (including phenoxy) is 1. The van der Waals surface area contributed by atoms with Crippen LogP contribution >= 0.6 is 0 Å². The van der Waals surface area contributed by atoms with Gasteiger partial charge >= 0.3 is 0 Å². The minimum Gasteiger partial charge on any atom is -0.497 e. The number of rotatable bonds is 7. The molecule has 0 radical (unpaired) electrons. The molecule has 26 heavy (non-hydrogen) atoms. The first kappa shape index (κ1) is 18.7. The van der Waals surface area contributed by atoms with Crippen molar-refractivity contribution in [3.63, 3.8) is 0 Å². The van der Waals surface area contributed by atoms with Gasteiger partial charge in [-0.25, -0.2) is 0 Å². The maximum atomic E-state index is 12.6. The highest BCUT2D eigenvalue weighted by Gasteiger charge is 2.29. The van der Waals surface area contributed by atoms with Crippen molar-refractivity contribution >= 4 is 5.78 Å². The van der Waals surface area contributed by atoms with E-state index < -0.39 is 0 Å². The third-order valence-electron chi connectivity index (χ3n) is 5.69. The molecule has 2 heteroatoms. The Kier molecular flexibility index (Phi) is 6.49. The van der Waals surface area contributed by atoms with E-state index in [1.807, 2.05) is 12.1 Å². The summed E-state index contributed by atoms with van der Waals surface area (Å²) in [4.78, 5) is 12.6. The Morgan fingerprint density at radius 1 is 0.923 bits per heavy atom. The largest absolute Gasteiger partial charge is 0.497 e. The average Bonchev–Trinajstić information content (AvgIpc) is 2.69. The highest BCUT2D eigenvalue weighted by atomic mass is 16.5. The molecule has 2 aromatic carbocycles. The van der Waals surface area contributed by atoms with Gasteiger partial charge in [-0.1, -0.05) is 69.0 Å². The van der Waals surface area contributed by atoms with Crippen LogP contribution in [0.25, 0.3) is 11.1 Å². The number of carbonyl (C=O) groups excluding carboxylic acids is 1. The summed E-state index contributed by atoms with van der Waals surface area (Å²) in [5.41, 5.74) is 3.53. The zero-order valence-electron chi connectivity index (χ0n) is 16.0. The lowest BCUT2D eigenvalue weighted by atomic mass is 9.76. The molecule has 3 rings (SSSR count). The smallest absolute Gasteiger partial charge is 0.140 e. The van der Waals surface area contributed by atoms with E-state index in [-0.39, 0.29) is 5.92 Å². The summed E-state index contributed by atoms with van der Waals surface area (Å²) < 4.78 is 5.22. The second-order valence-electron chi connectivity index (χ2n) is 7.51. The Labute approximate surface area is 157 Å². The van der Waals surface area contributed by atoms with Gasteiger partial charge in [-0.3, -0.25) is 4.79 Å². The van der Waals surface area contributed by atoms with Crippen molar-refractivity contribution in [2.24, 2.45) is 5.92 Å². The Balaban J connectivity index is 1.62. The molecule has 0 aromatic heterocycles. The van der Waals surface area contributed by atoms with Crippen LogP contribution < -0.4 is 4.74 Å². The molecule has 0 unspecified atom stereocenters. The second kappa shape index (κ2) is 9.02. The van der Waals surface area contributed by atoms with Gasteiger partial charge in [0.2, 0.25) is 0 Å². The molecule has 0 saturated heterocycles. The first-order valence-corrected chi connectivity index (χ1v) is 9.98. The quantitative estimate of drug-likeness (QED) is 0.540. The number of hydrogen-bond acceptors (Lipinski definition) is 2. The van der Waals surface area contributed by atoms with Gasteiger partial charge in [-0.2, -0.15) is 0 Å². The van der Waals surface area contributed by atoms with E-state index in [9.17, 15) is 4.79 Å². The van der Waals surface area contributed by atoms with Crippen molar-refractivity contribution in [1.29, 1.82) is 0 Å². The molecule has 2 atom stereocenters.